The van der Waals surface area contributed by atoms with Gasteiger partial charge in [-0.25, -0.2) is 4.39 Å². The molecular formula is C11H14FNO2. The second kappa shape index (κ2) is 4.16. The third-order valence-electron chi connectivity index (χ3n) is 2.57. The number of ether oxygens (including phenoxy) is 1. The third kappa shape index (κ3) is 2.27. The molecule has 2 atom stereocenters. The lowest BCUT2D eigenvalue weighted by atomic mass is 10.1. The van der Waals surface area contributed by atoms with Crippen LogP contribution in [0.15, 0.2) is 18.2 Å². The van der Waals surface area contributed by atoms with Crippen LogP contribution in [-0.4, -0.2) is 30.5 Å². The Balaban J connectivity index is 2.07. The number of hydrogen-bond acceptors (Lipinski definition) is 3. The van der Waals surface area contributed by atoms with Crippen LogP contribution in [0.2, 0.25) is 0 Å². The number of halogens is 1. The Morgan fingerprint density at radius 1 is 1.47 bits per heavy atom. The van der Waals surface area contributed by atoms with E-state index in [2.05, 4.69) is 5.32 Å². The average molecular weight is 211 g/mol. The summed E-state index contributed by atoms with van der Waals surface area (Å²) in [5.41, 5.74) is 1.29. The average Bonchev–Trinajstić information content (AvgIpc) is 2.59. The van der Waals surface area contributed by atoms with Crippen LogP contribution in [0.25, 0.3) is 0 Å². The molecule has 0 radical (unpaired) electrons. The fourth-order valence-electron chi connectivity index (χ4n) is 1.58. The van der Waals surface area contributed by atoms with Gasteiger partial charge in [-0.3, -0.25) is 0 Å². The molecule has 0 spiro atoms. The highest BCUT2D eigenvalue weighted by Crippen LogP contribution is 2.17. The van der Waals surface area contributed by atoms with E-state index < -0.39 is 6.10 Å². The van der Waals surface area contributed by atoms with Gasteiger partial charge < -0.3 is 15.2 Å². The van der Waals surface area contributed by atoms with Gasteiger partial charge in [-0.2, -0.15) is 0 Å². The third-order valence-corrected chi connectivity index (χ3v) is 2.57. The standard InChI is InChI=1S/C11H14FNO2/c1-7-2-3-8(4-9(7)12)13-10-5-15-6-11(10)14/h2-4,10-11,13-14H,5-6H2,1H3/t10-,11-/m1/s1. The van der Waals surface area contributed by atoms with Gasteiger partial charge >= 0.3 is 0 Å². The molecule has 3 nitrogen and oxygen atoms in total. The molecule has 1 aromatic carbocycles. The summed E-state index contributed by atoms with van der Waals surface area (Å²) in [7, 11) is 0. The number of aliphatic hydroxyl groups excluding tert-OH is 1. The smallest absolute Gasteiger partial charge is 0.128 e. The molecule has 0 bridgehead atoms. The molecule has 0 aliphatic carbocycles. The van der Waals surface area contributed by atoms with Gasteiger partial charge in [0.05, 0.1) is 25.4 Å². The van der Waals surface area contributed by atoms with Crippen LogP contribution in [0.4, 0.5) is 10.1 Å². The molecule has 0 amide bonds. The van der Waals surface area contributed by atoms with Crippen molar-refractivity contribution in [2.24, 2.45) is 0 Å². The molecule has 0 unspecified atom stereocenters. The largest absolute Gasteiger partial charge is 0.388 e. The van der Waals surface area contributed by atoms with E-state index in [9.17, 15) is 9.50 Å². The Hall–Kier alpha value is -1.13. The van der Waals surface area contributed by atoms with E-state index in [1.807, 2.05) is 0 Å². The lowest BCUT2D eigenvalue weighted by Gasteiger charge is -2.16. The van der Waals surface area contributed by atoms with E-state index in [1.54, 1.807) is 19.1 Å². The predicted octanol–water partition coefficient (Wildman–Crippen LogP) is 1.31. The van der Waals surface area contributed by atoms with Crippen LogP contribution < -0.4 is 5.32 Å². The first kappa shape index (κ1) is 10.4. The van der Waals surface area contributed by atoms with Gasteiger partial charge in [0.2, 0.25) is 0 Å². The lowest BCUT2D eigenvalue weighted by molar-refractivity contribution is 0.125. The van der Waals surface area contributed by atoms with E-state index in [-0.39, 0.29) is 11.9 Å². The topological polar surface area (TPSA) is 41.5 Å². The molecule has 1 aromatic rings. The SMILES string of the molecule is Cc1ccc(N[C@@H]2COC[C@H]2O)cc1F. The minimum absolute atomic E-state index is 0.146. The molecule has 1 aliphatic heterocycles. The Kier molecular flexibility index (Phi) is 2.88. The Morgan fingerprint density at radius 2 is 2.27 bits per heavy atom. The maximum Gasteiger partial charge on any atom is 0.128 e. The number of hydrogen-bond donors (Lipinski definition) is 2. The van der Waals surface area contributed by atoms with E-state index >= 15 is 0 Å². The number of anilines is 1. The van der Waals surface area contributed by atoms with Crippen LogP contribution in [0.5, 0.6) is 0 Å². The van der Waals surface area contributed by atoms with Crippen molar-refractivity contribution in [2.45, 2.75) is 19.1 Å². The van der Waals surface area contributed by atoms with Crippen molar-refractivity contribution in [1.82, 2.24) is 0 Å². The monoisotopic (exact) mass is 211 g/mol. The second-order valence-electron chi connectivity index (χ2n) is 3.82. The quantitative estimate of drug-likeness (QED) is 0.775. The number of nitrogens with one attached hydrogen (secondary N) is 1. The van der Waals surface area contributed by atoms with Gasteiger partial charge in [0, 0.05) is 5.69 Å². The summed E-state index contributed by atoms with van der Waals surface area (Å²) >= 11 is 0. The van der Waals surface area contributed by atoms with Gasteiger partial charge in [-0.1, -0.05) is 6.07 Å². The lowest BCUT2D eigenvalue weighted by Crippen LogP contribution is -2.31. The zero-order valence-corrected chi connectivity index (χ0v) is 8.53. The van der Waals surface area contributed by atoms with E-state index in [0.29, 0.717) is 24.5 Å². The van der Waals surface area contributed by atoms with Gasteiger partial charge in [0.1, 0.15) is 5.82 Å². The van der Waals surface area contributed by atoms with Gasteiger partial charge in [0.25, 0.3) is 0 Å². The summed E-state index contributed by atoms with van der Waals surface area (Å²) in [4.78, 5) is 0. The summed E-state index contributed by atoms with van der Waals surface area (Å²) in [5, 5.41) is 12.5. The Morgan fingerprint density at radius 3 is 2.87 bits per heavy atom. The molecule has 1 saturated heterocycles. The minimum Gasteiger partial charge on any atom is -0.388 e. The summed E-state index contributed by atoms with van der Waals surface area (Å²) in [6, 6.07) is 4.79. The Labute approximate surface area is 87.9 Å². The van der Waals surface area contributed by atoms with Gasteiger partial charge in [0.15, 0.2) is 0 Å². The van der Waals surface area contributed by atoms with E-state index in [0.717, 1.165) is 0 Å². The first-order chi connectivity index (χ1) is 7.16. The first-order valence-electron chi connectivity index (χ1n) is 4.95. The fraction of sp³-hybridized carbons (Fsp3) is 0.455. The molecule has 15 heavy (non-hydrogen) atoms. The zero-order chi connectivity index (χ0) is 10.8. The summed E-state index contributed by atoms with van der Waals surface area (Å²) in [6.45, 7) is 2.51. The molecule has 2 N–H and O–H groups in total. The summed E-state index contributed by atoms with van der Waals surface area (Å²) in [6.07, 6.45) is -0.519. The molecule has 0 aromatic heterocycles. The second-order valence-corrected chi connectivity index (χ2v) is 3.82. The van der Waals surface area contributed by atoms with Crippen molar-refractivity contribution in [3.05, 3.63) is 29.6 Å². The molecule has 82 valence electrons. The maximum absolute atomic E-state index is 13.2. The molecule has 1 heterocycles. The van der Waals surface area contributed by atoms with Crippen LogP contribution in [0.3, 0.4) is 0 Å². The van der Waals surface area contributed by atoms with Crippen molar-refractivity contribution >= 4 is 5.69 Å². The van der Waals surface area contributed by atoms with Crippen LogP contribution in [0.1, 0.15) is 5.56 Å². The number of rotatable bonds is 2. The summed E-state index contributed by atoms with van der Waals surface area (Å²) in [5.74, 6) is -0.242. The minimum atomic E-state index is -0.519. The van der Waals surface area contributed by atoms with E-state index in [4.69, 9.17) is 4.74 Å². The number of benzene rings is 1. The molecule has 2 rings (SSSR count). The van der Waals surface area contributed by atoms with Gasteiger partial charge in [-0.15, -0.1) is 0 Å². The molecular weight excluding hydrogens is 197 g/mol. The van der Waals surface area contributed by atoms with E-state index in [1.165, 1.54) is 6.07 Å². The number of aliphatic hydroxyl groups is 1. The van der Waals surface area contributed by atoms with Crippen LogP contribution in [-0.2, 0) is 4.74 Å². The van der Waals surface area contributed by atoms with Crippen LogP contribution in [0, 0.1) is 12.7 Å². The van der Waals surface area contributed by atoms with Crippen molar-refractivity contribution in [3.8, 4) is 0 Å². The molecule has 1 aliphatic rings. The number of aryl methyl sites for hydroxylation is 1. The first-order valence-corrected chi connectivity index (χ1v) is 4.95. The predicted molar refractivity (Wildman–Crippen MR) is 55.4 cm³/mol. The highest BCUT2D eigenvalue weighted by molar-refractivity contribution is 5.46. The van der Waals surface area contributed by atoms with Crippen molar-refractivity contribution in [2.75, 3.05) is 18.5 Å². The zero-order valence-electron chi connectivity index (χ0n) is 8.53. The normalized spacial score (nSPS) is 25.5. The Bertz CT molecular complexity index is 356. The van der Waals surface area contributed by atoms with Gasteiger partial charge in [-0.05, 0) is 24.6 Å². The highest BCUT2D eigenvalue weighted by Gasteiger charge is 2.25. The van der Waals surface area contributed by atoms with Crippen molar-refractivity contribution in [3.63, 3.8) is 0 Å². The highest BCUT2D eigenvalue weighted by atomic mass is 19.1. The van der Waals surface area contributed by atoms with Crippen LogP contribution >= 0.6 is 0 Å². The molecule has 1 fully saturated rings. The fourth-order valence-corrected chi connectivity index (χ4v) is 1.58. The van der Waals surface area contributed by atoms with Crippen molar-refractivity contribution in [1.29, 1.82) is 0 Å². The summed E-state index contributed by atoms with van der Waals surface area (Å²) < 4.78 is 18.3. The molecule has 4 heteroatoms. The molecule has 0 saturated carbocycles. The van der Waals surface area contributed by atoms with Crippen molar-refractivity contribution < 1.29 is 14.2 Å². The maximum atomic E-state index is 13.2.